The Hall–Kier alpha value is -1.58. The zero-order chi connectivity index (χ0) is 13.1. The van der Waals surface area contributed by atoms with E-state index in [-0.39, 0.29) is 0 Å². The lowest BCUT2D eigenvalue weighted by molar-refractivity contribution is 0.423. The topological polar surface area (TPSA) is 35.6 Å². The Kier molecular flexibility index (Phi) is 3.84. The highest BCUT2D eigenvalue weighted by atomic mass is 15.3. The van der Waals surface area contributed by atoms with Crippen LogP contribution >= 0.6 is 0 Å². The highest BCUT2D eigenvalue weighted by molar-refractivity contribution is 5.09. The summed E-state index contributed by atoms with van der Waals surface area (Å²) in [5.41, 5.74) is 3.32. The Bertz CT molecular complexity index is 506. The van der Waals surface area contributed by atoms with Gasteiger partial charge in [-0.15, -0.1) is 0 Å². The molecule has 2 heterocycles. The average molecular weight is 246 g/mol. The van der Waals surface area contributed by atoms with E-state index in [9.17, 15) is 0 Å². The fourth-order valence-corrected chi connectivity index (χ4v) is 2.32. The zero-order valence-corrected chi connectivity index (χ0v) is 11.7. The smallest absolute Gasteiger partial charge is 0.0852 e. The second kappa shape index (κ2) is 5.38. The van der Waals surface area contributed by atoms with Gasteiger partial charge in [0, 0.05) is 11.9 Å². The molecule has 0 saturated carbocycles. The number of hydrogen-bond acceptors (Lipinski definition) is 2. The molecule has 0 bridgehead atoms. The van der Waals surface area contributed by atoms with E-state index in [0.29, 0.717) is 6.04 Å². The maximum absolute atomic E-state index is 4.65. The lowest BCUT2D eigenvalue weighted by Gasteiger charge is -2.12. The van der Waals surface area contributed by atoms with Crippen LogP contribution in [0.15, 0.2) is 18.3 Å². The average Bonchev–Trinajstić information content (AvgIpc) is 2.89. The van der Waals surface area contributed by atoms with Crippen molar-refractivity contribution >= 4 is 0 Å². The molecule has 0 aliphatic heterocycles. The largest absolute Gasteiger partial charge is 0.269 e. The second-order valence-corrected chi connectivity index (χ2v) is 4.84. The minimum Gasteiger partial charge on any atom is -0.269 e. The summed E-state index contributed by atoms with van der Waals surface area (Å²) in [5.74, 6) is 0. The molecule has 18 heavy (non-hydrogen) atoms. The van der Waals surface area contributed by atoms with E-state index >= 15 is 0 Å². The van der Waals surface area contributed by atoms with Crippen LogP contribution in [0.1, 0.15) is 49.8 Å². The molecule has 0 aliphatic rings. The summed E-state index contributed by atoms with van der Waals surface area (Å²) >= 11 is 0. The lowest BCUT2D eigenvalue weighted by Crippen LogP contribution is -2.09. The highest BCUT2D eigenvalue weighted by Crippen LogP contribution is 2.15. The number of aromatic nitrogens is 4. The molecule has 0 N–H and O–H groups in total. The first-order valence-electron chi connectivity index (χ1n) is 6.69. The van der Waals surface area contributed by atoms with Gasteiger partial charge in [0.1, 0.15) is 0 Å². The predicted octanol–water partition coefficient (Wildman–Crippen LogP) is 3.11. The Morgan fingerprint density at radius 2 is 1.89 bits per heavy atom. The first-order chi connectivity index (χ1) is 8.63. The summed E-state index contributed by atoms with van der Waals surface area (Å²) in [6.07, 6.45) is 4.33. The Labute approximate surface area is 109 Å². The first-order valence-corrected chi connectivity index (χ1v) is 6.69. The van der Waals surface area contributed by atoms with Gasteiger partial charge in [0.2, 0.25) is 0 Å². The van der Waals surface area contributed by atoms with E-state index in [1.807, 2.05) is 11.6 Å². The summed E-state index contributed by atoms with van der Waals surface area (Å²) in [6, 6.07) is 4.70. The maximum Gasteiger partial charge on any atom is 0.0852 e. The fourth-order valence-electron chi connectivity index (χ4n) is 2.32. The molecule has 0 unspecified atom stereocenters. The van der Waals surface area contributed by atoms with Crippen LogP contribution in [0.5, 0.6) is 0 Å². The van der Waals surface area contributed by atoms with Crippen LogP contribution in [0.2, 0.25) is 0 Å². The molecule has 4 nitrogen and oxygen atoms in total. The van der Waals surface area contributed by atoms with Crippen LogP contribution in [0, 0.1) is 13.8 Å². The van der Waals surface area contributed by atoms with Gasteiger partial charge in [0.05, 0.1) is 24.0 Å². The van der Waals surface area contributed by atoms with Crippen LogP contribution < -0.4 is 0 Å². The van der Waals surface area contributed by atoms with E-state index in [0.717, 1.165) is 30.8 Å². The highest BCUT2D eigenvalue weighted by Gasteiger charge is 2.09. The molecule has 0 amide bonds. The van der Waals surface area contributed by atoms with Gasteiger partial charge in [0.25, 0.3) is 0 Å². The van der Waals surface area contributed by atoms with Gasteiger partial charge >= 0.3 is 0 Å². The molecular formula is C14H22N4. The summed E-state index contributed by atoms with van der Waals surface area (Å²) < 4.78 is 4.09. The van der Waals surface area contributed by atoms with Gasteiger partial charge < -0.3 is 0 Å². The molecule has 0 spiro atoms. The van der Waals surface area contributed by atoms with Crippen molar-refractivity contribution in [2.24, 2.45) is 0 Å². The van der Waals surface area contributed by atoms with Crippen LogP contribution in [-0.2, 0) is 6.54 Å². The van der Waals surface area contributed by atoms with Crippen molar-refractivity contribution in [2.45, 2.75) is 53.1 Å². The van der Waals surface area contributed by atoms with Gasteiger partial charge in [-0.3, -0.25) is 9.36 Å². The van der Waals surface area contributed by atoms with E-state index in [2.05, 4.69) is 54.0 Å². The normalized spacial score (nSPS) is 11.4. The summed E-state index contributed by atoms with van der Waals surface area (Å²) in [5, 5.41) is 9.12. The molecule has 0 fully saturated rings. The predicted molar refractivity (Wildman–Crippen MR) is 72.6 cm³/mol. The van der Waals surface area contributed by atoms with Gasteiger partial charge in [0.15, 0.2) is 0 Å². The summed E-state index contributed by atoms with van der Waals surface area (Å²) in [7, 11) is 0. The zero-order valence-electron chi connectivity index (χ0n) is 11.7. The van der Waals surface area contributed by atoms with Crippen molar-refractivity contribution in [2.75, 3.05) is 0 Å². The van der Waals surface area contributed by atoms with E-state index in [1.165, 1.54) is 5.69 Å². The first kappa shape index (κ1) is 12.9. The van der Waals surface area contributed by atoms with E-state index < -0.39 is 0 Å². The maximum atomic E-state index is 4.65. The molecule has 2 aromatic rings. The molecule has 2 aromatic heterocycles. The van der Waals surface area contributed by atoms with Crippen LogP contribution in [0.4, 0.5) is 0 Å². The fraction of sp³-hybridized carbons (Fsp3) is 0.571. The molecule has 0 aliphatic carbocycles. The Morgan fingerprint density at radius 3 is 2.44 bits per heavy atom. The molecule has 0 aromatic carbocycles. The SMILES string of the molecule is CCC(CC)n1ccc(Cn2nc(C)cc2C)n1. The van der Waals surface area contributed by atoms with Crippen molar-refractivity contribution in [1.29, 1.82) is 0 Å². The third kappa shape index (κ3) is 2.63. The standard InChI is InChI=1S/C14H22N4/c1-5-14(6-2)17-8-7-13(16-17)10-18-12(4)9-11(3)15-18/h7-9,14H,5-6,10H2,1-4H3. The third-order valence-electron chi connectivity index (χ3n) is 3.40. The van der Waals surface area contributed by atoms with Crippen molar-refractivity contribution in [3.05, 3.63) is 35.4 Å². The van der Waals surface area contributed by atoms with Gasteiger partial charge in [-0.1, -0.05) is 13.8 Å². The molecule has 0 radical (unpaired) electrons. The molecule has 98 valence electrons. The molecule has 0 atom stereocenters. The lowest BCUT2D eigenvalue weighted by atomic mass is 10.2. The molecule has 2 rings (SSSR count). The summed E-state index contributed by atoms with van der Waals surface area (Å²) in [4.78, 5) is 0. The third-order valence-corrected chi connectivity index (χ3v) is 3.40. The van der Waals surface area contributed by atoms with Crippen molar-refractivity contribution < 1.29 is 0 Å². The minimum absolute atomic E-state index is 0.513. The van der Waals surface area contributed by atoms with Crippen molar-refractivity contribution in [3.63, 3.8) is 0 Å². The van der Waals surface area contributed by atoms with Crippen LogP contribution in [0.25, 0.3) is 0 Å². The van der Waals surface area contributed by atoms with Crippen molar-refractivity contribution in [1.82, 2.24) is 19.6 Å². The van der Waals surface area contributed by atoms with Gasteiger partial charge in [-0.25, -0.2) is 0 Å². The number of hydrogen-bond donors (Lipinski definition) is 0. The molecule has 0 saturated heterocycles. The number of nitrogens with zero attached hydrogens (tertiary/aromatic N) is 4. The monoisotopic (exact) mass is 246 g/mol. The molecular weight excluding hydrogens is 224 g/mol. The van der Waals surface area contributed by atoms with Crippen molar-refractivity contribution in [3.8, 4) is 0 Å². The van der Waals surface area contributed by atoms with Gasteiger partial charge in [-0.2, -0.15) is 10.2 Å². The number of aryl methyl sites for hydroxylation is 2. The minimum atomic E-state index is 0.513. The summed E-state index contributed by atoms with van der Waals surface area (Å²) in [6.45, 7) is 9.27. The quantitative estimate of drug-likeness (QED) is 0.812. The Morgan fingerprint density at radius 1 is 1.17 bits per heavy atom. The van der Waals surface area contributed by atoms with Crippen LogP contribution in [0.3, 0.4) is 0 Å². The van der Waals surface area contributed by atoms with E-state index in [4.69, 9.17) is 0 Å². The Balaban J connectivity index is 2.13. The van der Waals surface area contributed by atoms with Gasteiger partial charge in [-0.05, 0) is 38.8 Å². The second-order valence-electron chi connectivity index (χ2n) is 4.84. The molecule has 4 heteroatoms. The van der Waals surface area contributed by atoms with E-state index in [1.54, 1.807) is 0 Å². The number of rotatable bonds is 5. The van der Waals surface area contributed by atoms with Crippen LogP contribution in [-0.4, -0.2) is 19.6 Å².